The first-order chi connectivity index (χ1) is 13.9. The summed E-state index contributed by atoms with van der Waals surface area (Å²) >= 11 is 0. The van der Waals surface area contributed by atoms with Crippen LogP contribution in [0.15, 0.2) is 77.7 Å². The number of hydrogen-bond donors (Lipinski definition) is 2. The minimum absolute atomic E-state index is 0.0875. The van der Waals surface area contributed by atoms with Crippen molar-refractivity contribution in [1.29, 1.82) is 0 Å². The van der Waals surface area contributed by atoms with Crippen LogP contribution in [0.1, 0.15) is 10.4 Å². The molecular formula is C21H20N2O5S. The van der Waals surface area contributed by atoms with E-state index in [9.17, 15) is 13.2 Å². The highest BCUT2D eigenvalue weighted by atomic mass is 32.2. The van der Waals surface area contributed by atoms with E-state index < -0.39 is 10.0 Å². The predicted octanol–water partition coefficient (Wildman–Crippen LogP) is 3.76. The van der Waals surface area contributed by atoms with E-state index in [1.165, 1.54) is 25.3 Å². The van der Waals surface area contributed by atoms with E-state index in [1.54, 1.807) is 61.7 Å². The molecule has 0 saturated carbocycles. The molecule has 0 atom stereocenters. The number of carbonyl (C=O) groups is 1. The second-order valence-corrected chi connectivity index (χ2v) is 7.73. The summed E-state index contributed by atoms with van der Waals surface area (Å²) in [6.07, 6.45) is 0. The number of sulfonamides is 1. The van der Waals surface area contributed by atoms with Gasteiger partial charge in [0.2, 0.25) is 0 Å². The summed E-state index contributed by atoms with van der Waals surface area (Å²) in [4.78, 5) is 12.6. The quantitative estimate of drug-likeness (QED) is 0.616. The van der Waals surface area contributed by atoms with Gasteiger partial charge in [0.15, 0.2) is 0 Å². The number of methoxy groups -OCH3 is 2. The maximum Gasteiger partial charge on any atom is 0.261 e. The van der Waals surface area contributed by atoms with Crippen molar-refractivity contribution in [1.82, 2.24) is 0 Å². The highest BCUT2D eigenvalue weighted by Crippen LogP contribution is 2.21. The molecule has 1 amide bonds. The Morgan fingerprint density at radius 3 is 2.14 bits per heavy atom. The molecule has 0 spiro atoms. The summed E-state index contributed by atoms with van der Waals surface area (Å²) in [5, 5.41) is 2.76. The molecule has 0 aliphatic carbocycles. The highest BCUT2D eigenvalue weighted by Gasteiger charge is 2.15. The zero-order valence-electron chi connectivity index (χ0n) is 15.9. The number of carbonyl (C=O) groups excluding carboxylic acids is 1. The zero-order valence-corrected chi connectivity index (χ0v) is 16.7. The van der Waals surface area contributed by atoms with Crippen molar-refractivity contribution < 1.29 is 22.7 Å². The molecule has 2 N–H and O–H groups in total. The van der Waals surface area contributed by atoms with Crippen LogP contribution >= 0.6 is 0 Å². The molecule has 0 aliphatic heterocycles. The lowest BCUT2D eigenvalue weighted by molar-refractivity contribution is 0.102. The van der Waals surface area contributed by atoms with Gasteiger partial charge in [-0.15, -0.1) is 0 Å². The number of amides is 1. The van der Waals surface area contributed by atoms with Crippen molar-refractivity contribution in [3.63, 3.8) is 0 Å². The molecule has 0 fully saturated rings. The van der Waals surface area contributed by atoms with Gasteiger partial charge < -0.3 is 14.8 Å². The normalized spacial score (nSPS) is 10.8. The molecule has 3 rings (SSSR count). The predicted molar refractivity (Wildman–Crippen MR) is 111 cm³/mol. The third-order valence-corrected chi connectivity index (χ3v) is 5.47. The molecule has 0 aliphatic rings. The van der Waals surface area contributed by atoms with Crippen LogP contribution in [-0.2, 0) is 10.0 Å². The minimum Gasteiger partial charge on any atom is -0.497 e. The van der Waals surface area contributed by atoms with Crippen LogP contribution in [0.3, 0.4) is 0 Å². The number of anilines is 2. The van der Waals surface area contributed by atoms with Crippen LogP contribution in [0.25, 0.3) is 0 Å². The smallest absolute Gasteiger partial charge is 0.261 e. The fourth-order valence-corrected chi connectivity index (χ4v) is 3.65. The van der Waals surface area contributed by atoms with E-state index >= 15 is 0 Å². The second-order valence-electron chi connectivity index (χ2n) is 6.05. The monoisotopic (exact) mass is 412 g/mol. The topological polar surface area (TPSA) is 93.7 Å². The van der Waals surface area contributed by atoms with E-state index in [4.69, 9.17) is 9.47 Å². The number of hydrogen-bond acceptors (Lipinski definition) is 5. The summed E-state index contributed by atoms with van der Waals surface area (Å²) in [6, 6.07) is 19.2. The molecule has 150 valence electrons. The number of nitrogens with one attached hydrogen (secondary N) is 2. The maximum atomic E-state index is 12.6. The fraction of sp³-hybridized carbons (Fsp3) is 0.0952. The zero-order chi connectivity index (χ0) is 20.9. The molecular weight excluding hydrogens is 392 g/mol. The van der Waals surface area contributed by atoms with Crippen molar-refractivity contribution in [2.45, 2.75) is 4.90 Å². The third kappa shape index (κ3) is 5.05. The van der Waals surface area contributed by atoms with Gasteiger partial charge in [0.05, 0.1) is 19.1 Å². The van der Waals surface area contributed by atoms with E-state index in [0.29, 0.717) is 22.7 Å². The number of rotatable bonds is 7. The van der Waals surface area contributed by atoms with Gasteiger partial charge in [0.1, 0.15) is 11.5 Å². The molecule has 29 heavy (non-hydrogen) atoms. The largest absolute Gasteiger partial charge is 0.497 e. The summed E-state index contributed by atoms with van der Waals surface area (Å²) < 4.78 is 37.8. The molecule has 0 radical (unpaired) electrons. The molecule has 3 aromatic rings. The van der Waals surface area contributed by atoms with E-state index in [2.05, 4.69) is 10.0 Å². The Hall–Kier alpha value is -3.52. The Morgan fingerprint density at radius 1 is 0.793 bits per heavy atom. The van der Waals surface area contributed by atoms with Gasteiger partial charge in [-0.3, -0.25) is 9.52 Å². The fourth-order valence-electron chi connectivity index (χ4n) is 2.60. The molecule has 7 nitrogen and oxygen atoms in total. The van der Waals surface area contributed by atoms with Crippen LogP contribution in [0.2, 0.25) is 0 Å². The van der Waals surface area contributed by atoms with Gasteiger partial charge in [-0.25, -0.2) is 8.42 Å². The minimum atomic E-state index is -3.80. The first-order valence-corrected chi connectivity index (χ1v) is 10.1. The molecule has 0 heterocycles. The average molecular weight is 412 g/mol. The second kappa shape index (κ2) is 8.66. The van der Waals surface area contributed by atoms with Gasteiger partial charge >= 0.3 is 0 Å². The third-order valence-electron chi connectivity index (χ3n) is 4.07. The number of ether oxygens (including phenoxy) is 2. The van der Waals surface area contributed by atoms with E-state index in [0.717, 1.165) is 0 Å². The molecule has 0 bridgehead atoms. The Labute approximate surface area is 169 Å². The van der Waals surface area contributed by atoms with Crippen LogP contribution in [0, 0.1) is 0 Å². The standard InChI is InChI=1S/C21H20N2O5S/c1-27-18-9-11-20(12-10-18)29(25,26)23-17-7-3-5-15(13-17)21(24)22-16-6-4-8-19(14-16)28-2/h3-14,23H,1-2H3,(H,22,24). The first-order valence-electron chi connectivity index (χ1n) is 8.63. The summed E-state index contributed by atoms with van der Waals surface area (Å²) in [6.45, 7) is 0. The first kappa shape index (κ1) is 20.2. The lowest BCUT2D eigenvalue weighted by Gasteiger charge is -2.11. The van der Waals surface area contributed by atoms with Gasteiger partial charge in [-0.2, -0.15) is 0 Å². The highest BCUT2D eigenvalue weighted by molar-refractivity contribution is 7.92. The molecule has 0 saturated heterocycles. The van der Waals surface area contributed by atoms with Gasteiger partial charge in [-0.1, -0.05) is 12.1 Å². The summed E-state index contributed by atoms with van der Waals surface area (Å²) in [5.74, 6) is 0.799. The molecule has 0 unspecified atom stereocenters. The molecule has 0 aromatic heterocycles. The van der Waals surface area contributed by atoms with Crippen LogP contribution in [-0.4, -0.2) is 28.5 Å². The molecule has 3 aromatic carbocycles. The van der Waals surface area contributed by atoms with Crippen molar-refractivity contribution in [2.75, 3.05) is 24.3 Å². The Balaban J connectivity index is 1.76. The van der Waals surface area contributed by atoms with E-state index in [1.807, 2.05) is 0 Å². The van der Waals surface area contributed by atoms with Crippen LogP contribution in [0.4, 0.5) is 11.4 Å². The van der Waals surface area contributed by atoms with Gasteiger partial charge in [0, 0.05) is 23.0 Å². The Kier molecular flexibility index (Phi) is 6.04. The molecule has 8 heteroatoms. The van der Waals surface area contributed by atoms with Crippen molar-refractivity contribution in [3.8, 4) is 11.5 Å². The summed E-state index contributed by atoms with van der Waals surface area (Å²) in [7, 11) is -0.758. The van der Waals surface area contributed by atoms with Crippen molar-refractivity contribution >= 4 is 27.3 Å². The number of benzene rings is 3. The lowest BCUT2D eigenvalue weighted by Crippen LogP contribution is -2.15. The van der Waals surface area contributed by atoms with Crippen molar-refractivity contribution in [3.05, 3.63) is 78.4 Å². The average Bonchev–Trinajstić information content (AvgIpc) is 2.73. The lowest BCUT2D eigenvalue weighted by atomic mass is 10.2. The Morgan fingerprint density at radius 2 is 1.45 bits per heavy atom. The van der Waals surface area contributed by atoms with Crippen LogP contribution in [0.5, 0.6) is 11.5 Å². The van der Waals surface area contributed by atoms with Crippen LogP contribution < -0.4 is 19.5 Å². The summed E-state index contributed by atoms with van der Waals surface area (Å²) in [5.41, 5.74) is 1.15. The SMILES string of the molecule is COc1ccc(S(=O)(=O)Nc2cccc(C(=O)Nc3cccc(OC)c3)c2)cc1. The Bertz CT molecular complexity index is 1110. The van der Waals surface area contributed by atoms with Gasteiger partial charge in [0.25, 0.3) is 15.9 Å². The van der Waals surface area contributed by atoms with Crippen molar-refractivity contribution in [2.24, 2.45) is 0 Å². The van der Waals surface area contributed by atoms with Gasteiger partial charge in [-0.05, 0) is 54.6 Å². The van der Waals surface area contributed by atoms with E-state index in [-0.39, 0.29) is 16.5 Å². The maximum absolute atomic E-state index is 12.6.